The van der Waals surface area contributed by atoms with E-state index in [1.54, 1.807) is 0 Å². The predicted octanol–water partition coefficient (Wildman–Crippen LogP) is 4.62. The van der Waals surface area contributed by atoms with Gasteiger partial charge in [-0.15, -0.1) is 0 Å². The Labute approximate surface area is 153 Å². The van der Waals surface area contributed by atoms with E-state index in [0.717, 1.165) is 6.07 Å². The quantitative estimate of drug-likeness (QED) is 0.260. The molecule has 0 aliphatic heterocycles. The van der Waals surface area contributed by atoms with Crippen LogP contribution in [0.1, 0.15) is 49.8 Å². The number of rotatable bonds is 8. The molecule has 0 aliphatic carbocycles. The zero-order chi connectivity index (χ0) is 20.6. The first kappa shape index (κ1) is 22.4. The minimum absolute atomic E-state index is 0.0610. The smallest absolute Gasteiger partial charge is 0.405 e. The fraction of sp³-hybridized carbons (Fsp3) is 0.471. The van der Waals surface area contributed by atoms with Crippen LogP contribution in [0.2, 0.25) is 0 Å². The predicted molar refractivity (Wildman–Crippen MR) is 90.2 cm³/mol. The molecule has 1 unspecified atom stereocenters. The molecule has 0 fully saturated rings. The first-order valence-corrected chi connectivity index (χ1v) is 8.09. The third kappa shape index (κ3) is 9.02. The van der Waals surface area contributed by atoms with Crippen LogP contribution in [0.3, 0.4) is 0 Å². The van der Waals surface area contributed by atoms with Crippen LogP contribution in [0.4, 0.5) is 22.4 Å². The average molecular weight is 391 g/mol. The molecule has 0 heterocycles. The number of primary amides is 1. The fourth-order valence-electron chi connectivity index (χ4n) is 2.40. The maximum absolute atomic E-state index is 14.2. The van der Waals surface area contributed by atoms with Crippen LogP contribution >= 0.6 is 0 Å². The SMILES string of the molecule is CC(=N)OC(=N)CC(OC(N)=O)c1cc(CCCCC(F)(F)F)ccc1F. The Morgan fingerprint density at radius 2 is 1.93 bits per heavy atom. The van der Waals surface area contributed by atoms with Gasteiger partial charge in [0.1, 0.15) is 11.9 Å². The lowest BCUT2D eigenvalue weighted by Gasteiger charge is -2.19. The molecule has 0 aromatic heterocycles. The van der Waals surface area contributed by atoms with Gasteiger partial charge in [0.2, 0.25) is 0 Å². The van der Waals surface area contributed by atoms with Gasteiger partial charge in [0, 0.05) is 18.9 Å². The van der Waals surface area contributed by atoms with Crippen LogP contribution in [0, 0.1) is 16.6 Å². The van der Waals surface area contributed by atoms with E-state index in [-0.39, 0.29) is 37.1 Å². The van der Waals surface area contributed by atoms with Crippen molar-refractivity contribution in [3.05, 3.63) is 35.1 Å². The van der Waals surface area contributed by atoms with E-state index in [0.29, 0.717) is 5.56 Å². The van der Waals surface area contributed by atoms with Crippen molar-refractivity contribution in [3.8, 4) is 0 Å². The Bertz CT molecular complexity index is 692. The van der Waals surface area contributed by atoms with Crippen LogP contribution in [-0.4, -0.2) is 24.1 Å². The molecule has 1 rings (SSSR count). The molecular formula is C17H21F4N3O3. The van der Waals surface area contributed by atoms with Gasteiger partial charge in [-0.05, 0) is 37.0 Å². The van der Waals surface area contributed by atoms with Crippen molar-refractivity contribution >= 4 is 17.9 Å². The Balaban J connectivity index is 2.89. The Hall–Kier alpha value is -2.65. The van der Waals surface area contributed by atoms with Crippen molar-refractivity contribution in [2.75, 3.05) is 0 Å². The molecule has 1 atom stereocenters. The van der Waals surface area contributed by atoms with Crippen LogP contribution in [0.25, 0.3) is 0 Å². The largest absolute Gasteiger partial charge is 0.441 e. The zero-order valence-corrected chi connectivity index (χ0v) is 14.7. The number of unbranched alkanes of at least 4 members (excludes halogenated alkanes) is 1. The summed E-state index contributed by atoms with van der Waals surface area (Å²) in [5.74, 6) is -1.42. The summed E-state index contributed by atoms with van der Waals surface area (Å²) in [5.41, 5.74) is 5.48. The van der Waals surface area contributed by atoms with Gasteiger partial charge in [-0.3, -0.25) is 10.8 Å². The van der Waals surface area contributed by atoms with E-state index >= 15 is 0 Å². The Morgan fingerprint density at radius 3 is 2.48 bits per heavy atom. The second kappa shape index (κ2) is 9.89. The molecule has 27 heavy (non-hydrogen) atoms. The molecule has 6 nitrogen and oxygen atoms in total. The summed E-state index contributed by atoms with van der Waals surface area (Å²) in [5, 5.41) is 14.8. The van der Waals surface area contributed by atoms with Gasteiger partial charge < -0.3 is 15.2 Å². The van der Waals surface area contributed by atoms with E-state index in [4.69, 9.17) is 26.0 Å². The second-order valence-corrected chi connectivity index (χ2v) is 5.89. The zero-order valence-electron chi connectivity index (χ0n) is 14.7. The highest BCUT2D eigenvalue weighted by Gasteiger charge is 2.26. The van der Waals surface area contributed by atoms with Crippen LogP contribution in [0.5, 0.6) is 0 Å². The summed E-state index contributed by atoms with van der Waals surface area (Å²) in [6.07, 6.45) is -7.45. The number of hydrogen-bond acceptors (Lipinski definition) is 5. The number of nitrogens with two attached hydrogens (primary N) is 1. The van der Waals surface area contributed by atoms with E-state index in [1.165, 1.54) is 19.1 Å². The number of halogens is 4. The molecule has 0 spiro atoms. The van der Waals surface area contributed by atoms with Crippen molar-refractivity contribution in [1.82, 2.24) is 0 Å². The molecule has 4 N–H and O–H groups in total. The average Bonchev–Trinajstić information content (AvgIpc) is 2.50. The third-order valence-corrected chi connectivity index (χ3v) is 3.49. The van der Waals surface area contributed by atoms with Gasteiger partial charge in [0.25, 0.3) is 0 Å². The minimum Gasteiger partial charge on any atom is -0.441 e. The first-order chi connectivity index (χ1) is 12.5. The lowest BCUT2D eigenvalue weighted by molar-refractivity contribution is -0.135. The van der Waals surface area contributed by atoms with Gasteiger partial charge in [-0.1, -0.05) is 6.07 Å². The van der Waals surface area contributed by atoms with Crippen molar-refractivity contribution < 1.29 is 31.8 Å². The van der Waals surface area contributed by atoms with Crippen LogP contribution in [-0.2, 0) is 15.9 Å². The molecule has 1 aromatic rings. The number of amides is 1. The van der Waals surface area contributed by atoms with Crippen molar-refractivity contribution in [2.45, 2.75) is 51.3 Å². The minimum atomic E-state index is -4.22. The normalized spacial score (nSPS) is 12.3. The molecule has 10 heteroatoms. The number of carbonyl (C=O) groups excluding carboxylic acids is 1. The lowest BCUT2D eigenvalue weighted by atomic mass is 9.99. The third-order valence-electron chi connectivity index (χ3n) is 3.49. The summed E-state index contributed by atoms with van der Waals surface area (Å²) in [6, 6.07) is 3.90. The standard InChI is InChI=1S/C17H21F4N3O3/c1-10(22)26-15(23)9-14(27-16(24)25)12-8-11(5-6-13(12)18)4-2-3-7-17(19,20)21/h5-6,8,14,22-23H,2-4,7,9H2,1H3,(H2,24,25). The van der Waals surface area contributed by atoms with Crippen molar-refractivity contribution in [2.24, 2.45) is 5.73 Å². The monoisotopic (exact) mass is 391 g/mol. The maximum Gasteiger partial charge on any atom is 0.405 e. The van der Waals surface area contributed by atoms with Gasteiger partial charge in [0.05, 0.1) is 6.42 Å². The molecule has 0 saturated heterocycles. The Kier molecular flexibility index (Phi) is 8.20. The number of aryl methyl sites for hydroxylation is 1. The van der Waals surface area contributed by atoms with Crippen molar-refractivity contribution in [1.29, 1.82) is 10.8 Å². The van der Waals surface area contributed by atoms with Crippen LogP contribution < -0.4 is 5.73 Å². The molecule has 0 aliphatic rings. The van der Waals surface area contributed by atoms with E-state index < -0.39 is 36.5 Å². The highest BCUT2D eigenvalue weighted by atomic mass is 19.4. The molecule has 150 valence electrons. The fourth-order valence-corrected chi connectivity index (χ4v) is 2.40. The summed E-state index contributed by atoms with van der Waals surface area (Å²) in [4.78, 5) is 11.1. The molecule has 0 radical (unpaired) electrons. The second-order valence-electron chi connectivity index (χ2n) is 5.89. The molecular weight excluding hydrogens is 370 g/mol. The molecule has 1 amide bonds. The highest BCUT2D eigenvalue weighted by molar-refractivity contribution is 5.87. The summed E-state index contributed by atoms with van der Waals surface area (Å²) in [7, 11) is 0. The molecule has 0 bridgehead atoms. The number of ether oxygens (including phenoxy) is 2. The van der Waals surface area contributed by atoms with Gasteiger partial charge in [-0.25, -0.2) is 9.18 Å². The van der Waals surface area contributed by atoms with Gasteiger partial charge >= 0.3 is 12.3 Å². The number of nitrogens with one attached hydrogen (secondary N) is 2. The summed E-state index contributed by atoms with van der Waals surface area (Å²) >= 11 is 0. The van der Waals surface area contributed by atoms with Crippen molar-refractivity contribution in [3.63, 3.8) is 0 Å². The lowest BCUT2D eigenvalue weighted by Crippen LogP contribution is -2.22. The van der Waals surface area contributed by atoms with Crippen LogP contribution in [0.15, 0.2) is 18.2 Å². The topological polar surface area (TPSA) is 109 Å². The molecule has 1 aromatic carbocycles. The maximum atomic E-state index is 14.2. The number of carbonyl (C=O) groups is 1. The Morgan fingerprint density at radius 1 is 1.26 bits per heavy atom. The number of alkyl halides is 3. The summed E-state index contributed by atoms with van der Waals surface area (Å²) < 4.78 is 60.4. The van der Waals surface area contributed by atoms with Gasteiger partial charge in [-0.2, -0.15) is 13.2 Å². The first-order valence-electron chi connectivity index (χ1n) is 8.09. The number of benzene rings is 1. The van der Waals surface area contributed by atoms with E-state index in [9.17, 15) is 22.4 Å². The van der Waals surface area contributed by atoms with E-state index in [1.807, 2.05) is 0 Å². The van der Waals surface area contributed by atoms with Gasteiger partial charge in [0.15, 0.2) is 11.8 Å². The van der Waals surface area contributed by atoms with E-state index in [2.05, 4.69) is 0 Å². The number of hydrogen-bond donors (Lipinski definition) is 3. The summed E-state index contributed by atoms with van der Waals surface area (Å²) in [6.45, 7) is 1.29. The molecule has 0 saturated carbocycles. The highest BCUT2D eigenvalue weighted by Crippen LogP contribution is 2.27.